The Labute approximate surface area is 133 Å². The molecule has 0 amide bonds. The summed E-state index contributed by atoms with van der Waals surface area (Å²) in [5.74, 6) is 0. The molecule has 1 heterocycles. The Morgan fingerprint density at radius 3 is 2.36 bits per heavy atom. The minimum Gasteiger partial charge on any atom is -0.387 e. The van der Waals surface area contributed by atoms with Crippen molar-refractivity contribution < 1.29 is 5.11 Å². The average molecular weight is 295 g/mol. The van der Waals surface area contributed by atoms with Crippen LogP contribution in [-0.2, 0) is 6.42 Å². The molecule has 2 aromatic carbocycles. The average Bonchev–Trinajstić information content (AvgIpc) is 2.61. The number of nitrogens with zero attached hydrogens (tertiary/aromatic N) is 1. The van der Waals surface area contributed by atoms with E-state index in [2.05, 4.69) is 35.2 Å². The third kappa shape index (κ3) is 3.76. The van der Waals surface area contributed by atoms with Crippen molar-refractivity contribution in [2.45, 2.75) is 37.8 Å². The van der Waals surface area contributed by atoms with Gasteiger partial charge in [0.25, 0.3) is 0 Å². The number of benzene rings is 2. The van der Waals surface area contributed by atoms with Crippen LogP contribution in [-0.4, -0.2) is 29.1 Å². The lowest BCUT2D eigenvalue weighted by Gasteiger charge is -2.38. The SMILES string of the molecule is O[C@H](c1ccccc1)[C@@H]1CCCCN1CCc1ccccc1. The fourth-order valence-electron chi connectivity index (χ4n) is 3.44. The second-order valence-corrected chi connectivity index (χ2v) is 6.19. The highest BCUT2D eigenvalue weighted by atomic mass is 16.3. The van der Waals surface area contributed by atoms with Crippen LogP contribution < -0.4 is 0 Å². The number of rotatable bonds is 5. The van der Waals surface area contributed by atoms with Gasteiger partial charge in [-0.1, -0.05) is 67.1 Å². The largest absolute Gasteiger partial charge is 0.387 e. The Kier molecular flexibility index (Phi) is 5.25. The van der Waals surface area contributed by atoms with Crippen LogP contribution in [0.2, 0.25) is 0 Å². The van der Waals surface area contributed by atoms with E-state index in [0.717, 1.165) is 31.5 Å². The van der Waals surface area contributed by atoms with Crippen molar-refractivity contribution in [3.63, 3.8) is 0 Å². The Balaban J connectivity index is 1.66. The van der Waals surface area contributed by atoms with E-state index >= 15 is 0 Å². The highest BCUT2D eigenvalue weighted by Crippen LogP contribution is 2.28. The Bertz CT molecular complexity index is 554. The number of piperidine rings is 1. The topological polar surface area (TPSA) is 23.5 Å². The first-order valence-corrected chi connectivity index (χ1v) is 8.35. The molecule has 0 bridgehead atoms. The first-order chi connectivity index (χ1) is 10.8. The number of aliphatic hydroxyl groups excluding tert-OH is 1. The van der Waals surface area contributed by atoms with Gasteiger partial charge in [-0.3, -0.25) is 4.90 Å². The molecule has 0 spiro atoms. The van der Waals surface area contributed by atoms with Crippen molar-refractivity contribution in [3.8, 4) is 0 Å². The summed E-state index contributed by atoms with van der Waals surface area (Å²) in [6.45, 7) is 2.12. The van der Waals surface area contributed by atoms with Crippen molar-refractivity contribution in [3.05, 3.63) is 71.8 Å². The molecule has 2 heteroatoms. The number of likely N-dealkylation sites (tertiary alicyclic amines) is 1. The van der Waals surface area contributed by atoms with Crippen molar-refractivity contribution >= 4 is 0 Å². The van der Waals surface area contributed by atoms with Crippen molar-refractivity contribution in [1.29, 1.82) is 0 Å². The van der Waals surface area contributed by atoms with E-state index in [9.17, 15) is 5.11 Å². The smallest absolute Gasteiger partial charge is 0.0945 e. The maximum Gasteiger partial charge on any atom is 0.0945 e. The van der Waals surface area contributed by atoms with E-state index in [0.29, 0.717) is 0 Å². The van der Waals surface area contributed by atoms with Gasteiger partial charge >= 0.3 is 0 Å². The van der Waals surface area contributed by atoms with Gasteiger partial charge in [0.1, 0.15) is 0 Å². The number of hydrogen-bond acceptors (Lipinski definition) is 2. The predicted octanol–water partition coefficient (Wildman–Crippen LogP) is 3.82. The van der Waals surface area contributed by atoms with Crippen LogP contribution in [0.4, 0.5) is 0 Å². The first kappa shape index (κ1) is 15.3. The number of hydrogen-bond donors (Lipinski definition) is 1. The molecule has 116 valence electrons. The summed E-state index contributed by atoms with van der Waals surface area (Å²) >= 11 is 0. The van der Waals surface area contributed by atoms with E-state index in [1.54, 1.807) is 0 Å². The van der Waals surface area contributed by atoms with Crippen molar-refractivity contribution in [2.24, 2.45) is 0 Å². The summed E-state index contributed by atoms with van der Waals surface area (Å²) in [5, 5.41) is 10.8. The molecule has 22 heavy (non-hydrogen) atoms. The maximum atomic E-state index is 10.8. The Morgan fingerprint density at radius 1 is 0.955 bits per heavy atom. The summed E-state index contributed by atoms with van der Waals surface area (Å²) in [4.78, 5) is 2.48. The van der Waals surface area contributed by atoms with Crippen LogP contribution in [0.15, 0.2) is 60.7 Å². The van der Waals surface area contributed by atoms with Gasteiger partial charge in [-0.05, 0) is 36.9 Å². The standard InChI is InChI=1S/C20H25NO/c22-20(18-11-5-2-6-12-18)19-13-7-8-15-21(19)16-14-17-9-3-1-4-10-17/h1-6,9-12,19-20,22H,7-8,13-16H2/t19-,20+/m0/s1. The quantitative estimate of drug-likeness (QED) is 0.906. The highest BCUT2D eigenvalue weighted by Gasteiger charge is 2.29. The van der Waals surface area contributed by atoms with E-state index in [1.165, 1.54) is 18.4 Å². The van der Waals surface area contributed by atoms with Gasteiger partial charge in [0.2, 0.25) is 0 Å². The molecule has 0 saturated carbocycles. The zero-order chi connectivity index (χ0) is 15.2. The molecule has 1 N–H and O–H groups in total. The van der Waals surface area contributed by atoms with Gasteiger partial charge in [-0.2, -0.15) is 0 Å². The molecular weight excluding hydrogens is 270 g/mol. The third-order valence-corrected chi connectivity index (χ3v) is 4.70. The van der Waals surface area contributed by atoms with Crippen LogP contribution in [0.1, 0.15) is 36.5 Å². The second kappa shape index (κ2) is 7.57. The van der Waals surface area contributed by atoms with Gasteiger partial charge in [0.15, 0.2) is 0 Å². The molecule has 2 aromatic rings. The predicted molar refractivity (Wildman–Crippen MR) is 90.8 cm³/mol. The van der Waals surface area contributed by atoms with Crippen molar-refractivity contribution in [2.75, 3.05) is 13.1 Å². The van der Waals surface area contributed by atoms with Gasteiger partial charge in [0, 0.05) is 12.6 Å². The van der Waals surface area contributed by atoms with Crippen LogP contribution in [0.25, 0.3) is 0 Å². The second-order valence-electron chi connectivity index (χ2n) is 6.19. The maximum absolute atomic E-state index is 10.8. The van der Waals surface area contributed by atoms with Crippen LogP contribution in [0.5, 0.6) is 0 Å². The van der Waals surface area contributed by atoms with E-state index < -0.39 is 0 Å². The summed E-state index contributed by atoms with van der Waals surface area (Å²) in [6.07, 6.45) is 4.23. The lowest BCUT2D eigenvalue weighted by atomic mass is 9.92. The van der Waals surface area contributed by atoms with E-state index in [4.69, 9.17) is 0 Å². The molecule has 2 nitrogen and oxygen atoms in total. The van der Waals surface area contributed by atoms with Crippen LogP contribution in [0.3, 0.4) is 0 Å². The highest BCUT2D eigenvalue weighted by molar-refractivity contribution is 5.19. The molecular formula is C20H25NO. The summed E-state index contributed by atoms with van der Waals surface area (Å²) in [7, 11) is 0. The Hall–Kier alpha value is -1.64. The van der Waals surface area contributed by atoms with Gasteiger partial charge < -0.3 is 5.11 Å². The monoisotopic (exact) mass is 295 g/mol. The molecule has 1 aliphatic rings. The van der Waals surface area contributed by atoms with Gasteiger partial charge in [-0.15, -0.1) is 0 Å². The zero-order valence-electron chi connectivity index (χ0n) is 13.1. The van der Waals surface area contributed by atoms with Gasteiger partial charge in [0.05, 0.1) is 6.10 Å². The molecule has 0 unspecified atom stereocenters. The molecule has 2 atom stereocenters. The molecule has 3 rings (SSSR count). The van der Waals surface area contributed by atoms with Crippen LogP contribution in [0, 0.1) is 0 Å². The Morgan fingerprint density at radius 2 is 1.64 bits per heavy atom. The van der Waals surface area contributed by atoms with Gasteiger partial charge in [-0.25, -0.2) is 0 Å². The fourth-order valence-corrected chi connectivity index (χ4v) is 3.44. The third-order valence-electron chi connectivity index (χ3n) is 4.70. The van der Waals surface area contributed by atoms with E-state index in [1.807, 2.05) is 30.3 Å². The summed E-state index contributed by atoms with van der Waals surface area (Å²) < 4.78 is 0. The molecule has 0 aliphatic carbocycles. The lowest BCUT2D eigenvalue weighted by Crippen LogP contribution is -2.44. The zero-order valence-corrected chi connectivity index (χ0v) is 13.1. The normalized spacial score (nSPS) is 20.7. The fraction of sp³-hybridized carbons (Fsp3) is 0.400. The van der Waals surface area contributed by atoms with Crippen molar-refractivity contribution in [1.82, 2.24) is 4.90 Å². The molecule has 1 saturated heterocycles. The van der Waals surface area contributed by atoms with Crippen LogP contribution >= 0.6 is 0 Å². The lowest BCUT2D eigenvalue weighted by molar-refractivity contribution is 0.0256. The number of aliphatic hydroxyl groups is 1. The van der Waals surface area contributed by atoms with E-state index in [-0.39, 0.29) is 12.1 Å². The summed E-state index contributed by atoms with van der Waals surface area (Å²) in [6, 6.07) is 21.0. The molecule has 1 fully saturated rings. The molecule has 0 radical (unpaired) electrons. The minimum atomic E-state index is -0.378. The minimum absolute atomic E-state index is 0.250. The first-order valence-electron chi connectivity index (χ1n) is 8.35. The molecule has 1 aliphatic heterocycles. The molecule has 0 aromatic heterocycles. The summed E-state index contributed by atoms with van der Waals surface area (Å²) in [5.41, 5.74) is 2.42.